The Morgan fingerprint density at radius 2 is 1.83 bits per heavy atom. The fourth-order valence-electron chi connectivity index (χ4n) is 4.95. The average molecular weight is 417 g/mol. The van der Waals surface area contributed by atoms with Gasteiger partial charge in [0.2, 0.25) is 5.91 Å². The molecule has 1 spiro atoms. The molecule has 3 heterocycles. The van der Waals surface area contributed by atoms with Crippen LogP contribution in [0, 0.1) is 5.41 Å². The molecule has 1 aromatic rings. The highest BCUT2D eigenvalue weighted by molar-refractivity contribution is 5.81. The lowest BCUT2D eigenvalue weighted by molar-refractivity contribution is -0.153. The number of benzene rings is 1. The quantitative estimate of drug-likeness (QED) is 0.735. The highest BCUT2D eigenvalue weighted by Crippen LogP contribution is 2.43. The van der Waals surface area contributed by atoms with Crippen molar-refractivity contribution >= 4 is 11.9 Å². The molecular formula is C23H32N2O5. The second kappa shape index (κ2) is 8.94. The molecule has 1 amide bonds. The summed E-state index contributed by atoms with van der Waals surface area (Å²) in [6, 6.07) is 7.57. The summed E-state index contributed by atoms with van der Waals surface area (Å²) in [7, 11) is 1.62. The van der Waals surface area contributed by atoms with Crippen molar-refractivity contribution < 1.29 is 24.2 Å². The van der Waals surface area contributed by atoms with E-state index >= 15 is 0 Å². The van der Waals surface area contributed by atoms with E-state index < -0.39 is 5.41 Å². The number of esters is 1. The monoisotopic (exact) mass is 416 g/mol. The molecule has 30 heavy (non-hydrogen) atoms. The van der Waals surface area contributed by atoms with E-state index in [1.54, 1.807) is 7.11 Å². The molecule has 164 valence electrons. The molecule has 0 bridgehead atoms. The van der Waals surface area contributed by atoms with Crippen molar-refractivity contribution in [2.75, 3.05) is 39.8 Å². The predicted molar refractivity (Wildman–Crippen MR) is 111 cm³/mol. The fourth-order valence-corrected chi connectivity index (χ4v) is 4.95. The number of methoxy groups -OCH3 is 1. The summed E-state index contributed by atoms with van der Waals surface area (Å²) >= 11 is 0. The van der Waals surface area contributed by atoms with Crippen molar-refractivity contribution in [3.8, 4) is 5.75 Å². The summed E-state index contributed by atoms with van der Waals surface area (Å²) in [4.78, 5) is 29.6. The number of piperidine rings is 2. The van der Waals surface area contributed by atoms with E-state index in [0.29, 0.717) is 32.4 Å². The molecule has 0 aromatic heterocycles. The minimum Gasteiger partial charge on any atom is -0.497 e. The Bertz CT molecular complexity index is 749. The molecule has 0 aliphatic carbocycles. The summed E-state index contributed by atoms with van der Waals surface area (Å²) < 4.78 is 10.9. The maximum Gasteiger partial charge on any atom is 0.312 e. The maximum absolute atomic E-state index is 12.7. The van der Waals surface area contributed by atoms with E-state index in [1.165, 1.54) is 0 Å². The second-order valence-electron chi connectivity index (χ2n) is 8.95. The van der Waals surface area contributed by atoms with E-state index in [1.807, 2.05) is 29.2 Å². The van der Waals surface area contributed by atoms with E-state index in [4.69, 9.17) is 9.47 Å². The molecule has 3 aliphatic rings. The van der Waals surface area contributed by atoms with Crippen LogP contribution >= 0.6 is 0 Å². The molecule has 1 atom stereocenters. The van der Waals surface area contributed by atoms with Gasteiger partial charge in [0.1, 0.15) is 11.9 Å². The van der Waals surface area contributed by atoms with Gasteiger partial charge in [0.25, 0.3) is 0 Å². The molecule has 0 saturated carbocycles. The summed E-state index contributed by atoms with van der Waals surface area (Å²) in [6.45, 7) is 3.67. The van der Waals surface area contributed by atoms with Crippen molar-refractivity contribution in [3.05, 3.63) is 29.8 Å². The maximum atomic E-state index is 12.7. The number of aliphatic hydroxyl groups excluding tert-OH is 1. The molecule has 3 saturated heterocycles. The van der Waals surface area contributed by atoms with Crippen LogP contribution in [0.2, 0.25) is 0 Å². The van der Waals surface area contributed by atoms with Crippen LogP contribution in [0.3, 0.4) is 0 Å². The summed E-state index contributed by atoms with van der Waals surface area (Å²) in [5.74, 6) is 0.790. The standard InChI is InChI=1S/C23H32N2O5/c1-29-19-4-2-17(3-5-19)14-21(27)25-12-8-23(9-13-25)15-20(30-22(23)28)16-24-10-6-18(26)7-11-24/h2-5,18,20,26H,6-16H2,1H3. The summed E-state index contributed by atoms with van der Waals surface area (Å²) in [5, 5.41) is 9.67. The molecule has 1 N–H and O–H groups in total. The summed E-state index contributed by atoms with van der Waals surface area (Å²) in [6.07, 6.45) is 3.77. The Kier molecular flexibility index (Phi) is 6.29. The third kappa shape index (κ3) is 4.62. The molecule has 1 unspecified atom stereocenters. The molecule has 7 heteroatoms. The number of carbonyl (C=O) groups excluding carboxylic acids is 2. The zero-order chi connectivity index (χ0) is 21.1. The van der Waals surface area contributed by atoms with Gasteiger partial charge in [-0.1, -0.05) is 12.1 Å². The van der Waals surface area contributed by atoms with E-state index in [2.05, 4.69) is 4.90 Å². The molecule has 3 fully saturated rings. The zero-order valence-electron chi connectivity index (χ0n) is 17.7. The average Bonchev–Trinajstić information content (AvgIpc) is 3.05. The van der Waals surface area contributed by atoms with Crippen molar-refractivity contribution in [3.63, 3.8) is 0 Å². The number of cyclic esters (lactones) is 1. The molecule has 1 aromatic carbocycles. The van der Waals surface area contributed by atoms with Gasteiger partial charge in [-0.25, -0.2) is 0 Å². The van der Waals surface area contributed by atoms with Crippen LogP contribution < -0.4 is 4.74 Å². The SMILES string of the molecule is COc1ccc(CC(=O)N2CCC3(CC2)CC(CN2CCC(O)CC2)OC3=O)cc1. The smallest absolute Gasteiger partial charge is 0.312 e. The lowest BCUT2D eigenvalue weighted by Gasteiger charge is -2.37. The number of hydrogen-bond donors (Lipinski definition) is 1. The van der Waals surface area contributed by atoms with Crippen LogP contribution in [-0.2, 0) is 20.7 Å². The topological polar surface area (TPSA) is 79.3 Å². The molecule has 3 aliphatic heterocycles. The number of likely N-dealkylation sites (tertiary alicyclic amines) is 2. The summed E-state index contributed by atoms with van der Waals surface area (Å²) in [5.41, 5.74) is 0.532. The lowest BCUT2D eigenvalue weighted by Crippen LogP contribution is -2.45. The Labute approximate surface area is 177 Å². The minimum absolute atomic E-state index is 0.0747. The zero-order valence-corrected chi connectivity index (χ0v) is 17.7. The number of ether oxygens (including phenoxy) is 2. The van der Waals surface area contributed by atoms with Gasteiger partial charge in [0.15, 0.2) is 0 Å². The number of nitrogens with zero attached hydrogens (tertiary/aromatic N) is 2. The van der Waals surface area contributed by atoms with Gasteiger partial charge in [0.05, 0.1) is 25.0 Å². The van der Waals surface area contributed by atoms with Crippen LogP contribution in [0.4, 0.5) is 0 Å². The first kappa shape index (κ1) is 21.1. The minimum atomic E-state index is -0.434. The first-order valence-corrected chi connectivity index (χ1v) is 11.0. The van der Waals surface area contributed by atoms with Crippen molar-refractivity contribution in [1.82, 2.24) is 9.80 Å². The van der Waals surface area contributed by atoms with Crippen LogP contribution in [0.5, 0.6) is 5.75 Å². The van der Waals surface area contributed by atoms with Crippen molar-refractivity contribution in [2.45, 2.75) is 50.7 Å². The Balaban J connectivity index is 1.27. The van der Waals surface area contributed by atoms with E-state index in [0.717, 1.165) is 50.2 Å². The van der Waals surface area contributed by atoms with E-state index in [-0.39, 0.29) is 24.1 Å². The third-order valence-corrected chi connectivity index (χ3v) is 6.93. The van der Waals surface area contributed by atoms with Crippen molar-refractivity contribution in [2.24, 2.45) is 5.41 Å². The highest BCUT2D eigenvalue weighted by atomic mass is 16.6. The van der Waals surface area contributed by atoms with Gasteiger partial charge in [-0.3, -0.25) is 14.5 Å². The van der Waals surface area contributed by atoms with Gasteiger partial charge >= 0.3 is 5.97 Å². The first-order valence-electron chi connectivity index (χ1n) is 11.0. The number of hydrogen-bond acceptors (Lipinski definition) is 6. The highest BCUT2D eigenvalue weighted by Gasteiger charge is 2.51. The third-order valence-electron chi connectivity index (χ3n) is 6.93. The van der Waals surface area contributed by atoms with Crippen LogP contribution in [0.25, 0.3) is 0 Å². The van der Waals surface area contributed by atoms with Gasteiger partial charge in [0, 0.05) is 39.1 Å². The number of amides is 1. The Hall–Kier alpha value is -2.12. The largest absolute Gasteiger partial charge is 0.497 e. The molecule has 4 rings (SSSR count). The van der Waals surface area contributed by atoms with Gasteiger partial charge in [-0.05, 0) is 43.4 Å². The van der Waals surface area contributed by atoms with Gasteiger partial charge in [-0.15, -0.1) is 0 Å². The number of rotatable bonds is 5. The van der Waals surface area contributed by atoms with Crippen LogP contribution in [0.15, 0.2) is 24.3 Å². The van der Waals surface area contributed by atoms with Gasteiger partial charge in [-0.2, -0.15) is 0 Å². The first-order chi connectivity index (χ1) is 14.5. The van der Waals surface area contributed by atoms with E-state index in [9.17, 15) is 14.7 Å². The predicted octanol–water partition coefficient (Wildman–Crippen LogP) is 1.62. The van der Waals surface area contributed by atoms with Crippen molar-refractivity contribution in [1.29, 1.82) is 0 Å². The fraction of sp³-hybridized carbons (Fsp3) is 0.652. The molecule has 7 nitrogen and oxygen atoms in total. The van der Waals surface area contributed by atoms with Crippen LogP contribution in [0.1, 0.15) is 37.7 Å². The normalized spacial score (nSPS) is 24.8. The second-order valence-corrected chi connectivity index (χ2v) is 8.95. The lowest BCUT2D eigenvalue weighted by atomic mass is 9.76. The molecular weight excluding hydrogens is 384 g/mol. The Morgan fingerprint density at radius 1 is 1.17 bits per heavy atom. The van der Waals surface area contributed by atoms with Gasteiger partial charge < -0.3 is 19.5 Å². The molecule has 0 radical (unpaired) electrons. The number of carbonyl (C=O) groups is 2. The number of aliphatic hydroxyl groups is 1. The Morgan fingerprint density at radius 3 is 2.47 bits per heavy atom. The van der Waals surface area contributed by atoms with Crippen LogP contribution in [-0.4, -0.2) is 78.8 Å².